The minimum absolute atomic E-state index is 0.00551. The Balaban J connectivity index is 1.59. The van der Waals surface area contributed by atoms with Gasteiger partial charge in [-0.3, -0.25) is 9.59 Å². The van der Waals surface area contributed by atoms with E-state index in [-0.39, 0.29) is 17.1 Å². The van der Waals surface area contributed by atoms with E-state index >= 15 is 0 Å². The van der Waals surface area contributed by atoms with E-state index in [0.717, 1.165) is 17.0 Å². The highest BCUT2D eigenvalue weighted by Gasteiger charge is 2.17. The van der Waals surface area contributed by atoms with Gasteiger partial charge in [-0.2, -0.15) is 0 Å². The zero-order valence-corrected chi connectivity index (χ0v) is 16.8. The quantitative estimate of drug-likeness (QED) is 0.677. The molecule has 0 saturated carbocycles. The van der Waals surface area contributed by atoms with Crippen LogP contribution in [0.15, 0.2) is 47.4 Å². The second-order valence-corrected chi connectivity index (χ2v) is 7.85. The molecule has 148 valence electrons. The van der Waals surface area contributed by atoms with Crippen molar-refractivity contribution in [1.29, 1.82) is 0 Å². The number of hydrogen-bond acceptors (Lipinski definition) is 5. The van der Waals surface area contributed by atoms with Crippen molar-refractivity contribution >= 4 is 35.0 Å². The predicted molar refractivity (Wildman–Crippen MR) is 111 cm³/mol. The van der Waals surface area contributed by atoms with Gasteiger partial charge in [0, 0.05) is 28.8 Å². The Hall–Kier alpha value is -2.67. The number of amides is 2. The van der Waals surface area contributed by atoms with Crippen LogP contribution in [0.1, 0.15) is 26.7 Å². The lowest BCUT2D eigenvalue weighted by Gasteiger charge is -2.19. The minimum Gasteiger partial charge on any atom is -0.486 e. The summed E-state index contributed by atoms with van der Waals surface area (Å²) in [4.78, 5) is 25.2. The molecule has 0 aromatic heterocycles. The number of thioether (sulfide) groups is 1. The molecule has 0 saturated heterocycles. The summed E-state index contributed by atoms with van der Waals surface area (Å²) >= 11 is 1.44. The normalized spacial score (nSPS) is 13.5. The highest BCUT2D eigenvalue weighted by molar-refractivity contribution is 8.00. The molecule has 0 radical (unpaired) electrons. The second kappa shape index (κ2) is 9.50. The third kappa shape index (κ3) is 5.42. The van der Waals surface area contributed by atoms with Crippen LogP contribution in [0.3, 0.4) is 0 Å². The molecule has 1 heterocycles. The standard InChI is InChI=1S/C21H24N2O4S/c1-3-5-20(24)22-15-6-4-7-17(12-15)28-14(2)21(25)23-16-8-9-18-19(13-16)27-11-10-26-18/h4,6-9,12-14H,3,5,10-11H2,1-2H3,(H,22,24)(H,23,25). The van der Waals surface area contributed by atoms with Gasteiger partial charge in [0.15, 0.2) is 11.5 Å². The molecule has 28 heavy (non-hydrogen) atoms. The molecule has 3 rings (SSSR count). The van der Waals surface area contributed by atoms with E-state index in [2.05, 4.69) is 10.6 Å². The number of fused-ring (bicyclic) bond motifs is 1. The zero-order valence-electron chi connectivity index (χ0n) is 16.0. The third-order valence-electron chi connectivity index (χ3n) is 4.09. The largest absolute Gasteiger partial charge is 0.486 e. The topological polar surface area (TPSA) is 76.7 Å². The molecule has 2 aromatic rings. The Bertz CT molecular complexity index is 856. The summed E-state index contributed by atoms with van der Waals surface area (Å²) in [6, 6.07) is 12.9. The first kappa shape index (κ1) is 20.1. The van der Waals surface area contributed by atoms with Crippen molar-refractivity contribution in [3.8, 4) is 11.5 Å². The minimum atomic E-state index is -0.310. The molecule has 1 unspecified atom stereocenters. The highest BCUT2D eigenvalue weighted by atomic mass is 32.2. The smallest absolute Gasteiger partial charge is 0.237 e. The molecule has 0 spiro atoms. The van der Waals surface area contributed by atoms with E-state index in [1.54, 1.807) is 18.2 Å². The average Bonchev–Trinajstić information content (AvgIpc) is 2.68. The van der Waals surface area contributed by atoms with Gasteiger partial charge in [0.2, 0.25) is 11.8 Å². The van der Waals surface area contributed by atoms with Crippen LogP contribution >= 0.6 is 11.8 Å². The van der Waals surface area contributed by atoms with Crippen molar-refractivity contribution in [2.24, 2.45) is 0 Å². The van der Waals surface area contributed by atoms with Crippen LogP contribution in [-0.2, 0) is 9.59 Å². The third-order valence-corrected chi connectivity index (χ3v) is 5.18. The van der Waals surface area contributed by atoms with Gasteiger partial charge in [-0.25, -0.2) is 0 Å². The van der Waals surface area contributed by atoms with Gasteiger partial charge < -0.3 is 20.1 Å². The van der Waals surface area contributed by atoms with Gasteiger partial charge >= 0.3 is 0 Å². The van der Waals surface area contributed by atoms with Crippen LogP contribution in [0.4, 0.5) is 11.4 Å². The molecule has 1 aliphatic heterocycles. The van der Waals surface area contributed by atoms with Crippen molar-refractivity contribution < 1.29 is 19.1 Å². The summed E-state index contributed by atoms with van der Waals surface area (Å²) in [5.41, 5.74) is 1.41. The molecule has 2 amide bonds. The van der Waals surface area contributed by atoms with E-state index in [1.807, 2.05) is 38.1 Å². The highest BCUT2D eigenvalue weighted by Crippen LogP contribution is 2.33. The molecular weight excluding hydrogens is 376 g/mol. The fourth-order valence-electron chi connectivity index (χ4n) is 2.72. The summed E-state index contributed by atoms with van der Waals surface area (Å²) in [6.45, 7) is 4.85. The number of carbonyl (C=O) groups is 2. The number of hydrogen-bond donors (Lipinski definition) is 2. The van der Waals surface area contributed by atoms with Crippen molar-refractivity contribution in [2.45, 2.75) is 36.8 Å². The molecule has 2 N–H and O–H groups in total. The zero-order chi connectivity index (χ0) is 19.9. The first-order valence-electron chi connectivity index (χ1n) is 9.32. The first-order valence-corrected chi connectivity index (χ1v) is 10.2. The maximum absolute atomic E-state index is 12.6. The summed E-state index contributed by atoms with van der Waals surface area (Å²) in [5.74, 6) is 1.21. The summed E-state index contributed by atoms with van der Waals surface area (Å²) < 4.78 is 11.0. The lowest BCUT2D eigenvalue weighted by molar-refractivity contribution is -0.116. The van der Waals surface area contributed by atoms with Crippen LogP contribution in [0.25, 0.3) is 0 Å². The molecule has 0 bridgehead atoms. The van der Waals surface area contributed by atoms with Crippen LogP contribution in [0, 0.1) is 0 Å². The molecule has 0 fully saturated rings. The predicted octanol–water partition coefficient (Wildman–Crippen LogP) is 4.32. The van der Waals surface area contributed by atoms with Crippen LogP contribution < -0.4 is 20.1 Å². The summed E-state index contributed by atoms with van der Waals surface area (Å²) in [5, 5.41) is 5.48. The van der Waals surface area contributed by atoms with E-state index < -0.39 is 0 Å². The van der Waals surface area contributed by atoms with Crippen LogP contribution in [0.2, 0.25) is 0 Å². The molecule has 1 atom stereocenters. The van der Waals surface area contributed by atoms with Crippen LogP contribution in [0.5, 0.6) is 11.5 Å². The maximum Gasteiger partial charge on any atom is 0.237 e. The first-order chi connectivity index (χ1) is 13.5. The van der Waals surface area contributed by atoms with Gasteiger partial charge in [0.05, 0.1) is 5.25 Å². The van der Waals surface area contributed by atoms with Gasteiger partial charge in [-0.15, -0.1) is 11.8 Å². The molecule has 7 heteroatoms. The number of ether oxygens (including phenoxy) is 2. The van der Waals surface area contributed by atoms with Crippen LogP contribution in [-0.4, -0.2) is 30.3 Å². The van der Waals surface area contributed by atoms with E-state index in [0.29, 0.717) is 36.8 Å². The Labute approximate surface area is 169 Å². The van der Waals surface area contributed by atoms with E-state index in [1.165, 1.54) is 11.8 Å². The van der Waals surface area contributed by atoms with E-state index in [4.69, 9.17) is 9.47 Å². The Morgan fingerprint density at radius 1 is 1.04 bits per heavy atom. The van der Waals surface area contributed by atoms with Crippen molar-refractivity contribution in [3.63, 3.8) is 0 Å². The number of benzene rings is 2. The number of carbonyl (C=O) groups excluding carboxylic acids is 2. The monoisotopic (exact) mass is 400 g/mol. The van der Waals surface area contributed by atoms with Gasteiger partial charge in [-0.1, -0.05) is 13.0 Å². The summed E-state index contributed by atoms with van der Waals surface area (Å²) in [7, 11) is 0. The molecular formula is C21H24N2O4S. The Morgan fingerprint density at radius 2 is 1.79 bits per heavy atom. The number of nitrogens with one attached hydrogen (secondary N) is 2. The maximum atomic E-state index is 12.6. The lowest BCUT2D eigenvalue weighted by atomic mass is 10.2. The molecule has 0 aliphatic carbocycles. The molecule has 1 aliphatic rings. The Morgan fingerprint density at radius 3 is 2.57 bits per heavy atom. The van der Waals surface area contributed by atoms with Crippen molar-refractivity contribution in [2.75, 3.05) is 23.8 Å². The van der Waals surface area contributed by atoms with E-state index in [9.17, 15) is 9.59 Å². The number of rotatable bonds is 7. The average molecular weight is 401 g/mol. The molecule has 2 aromatic carbocycles. The summed E-state index contributed by atoms with van der Waals surface area (Å²) in [6.07, 6.45) is 1.29. The van der Waals surface area contributed by atoms with Crippen molar-refractivity contribution in [3.05, 3.63) is 42.5 Å². The molecule has 6 nitrogen and oxygen atoms in total. The van der Waals surface area contributed by atoms with Gasteiger partial charge in [-0.05, 0) is 43.7 Å². The lowest BCUT2D eigenvalue weighted by Crippen LogP contribution is -2.22. The SMILES string of the molecule is CCCC(=O)Nc1cccc(SC(C)C(=O)Nc2ccc3c(c2)OCCO3)c1. The Kier molecular flexibility index (Phi) is 6.81. The fourth-order valence-corrected chi connectivity index (χ4v) is 3.65. The van der Waals surface area contributed by atoms with Gasteiger partial charge in [0.1, 0.15) is 13.2 Å². The second-order valence-electron chi connectivity index (χ2n) is 6.43. The fraction of sp³-hybridized carbons (Fsp3) is 0.333. The van der Waals surface area contributed by atoms with Gasteiger partial charge in [0.25, 0.3) is 0 Å². The van der Waals surface area contributed by atoms with Crippen molar-refractivity contribution in [1.82, 2.24) is 0 Å². The number of anilines is 2.